The fraction of sp³-hybridized carbons (Fsp3) is 0.278. The van der Waals surface area contributed by atoms with Crippen LogP contribution in [0.4, 0.5) is 10.1 Å². The predicted molar refractivity (Wildman–Crippen MR) is 101 cm³/mol. The van der Waals surface area contributed by atoms with E-state index in [4.69, 9.17) is 0 Å². The lowest BCUT2D eigenvalue weighted by molar-refractivity contribution is -0.385. The van der Waals surface area contributed by atoms with Gasteiger partial charge in [-0.15, -0.1) is 0 Å². The maximum absolute atomic E-state index is 12.9. The number of rotatable bonds is 8. The van der Waals surface area contributed by atoms with Gasteiger partial charge in [0, 0.05) is 24.7 Å². The highest BCUT2D eigenvalue weighted by molar-refractivity contribution is 7.89. The monoisotopic (exact) mass is 409 g/mol. The Balaban J connectivity index is 2.12. The second-order valence-electron chi connectivity index (χ2n) is 6.04. The summed E-state index contributed by atoms with van der Waals surface area (Å²) in [5.74, 6) is -0.943. The van der Waals surface area contributed by atoms with Crippen LogP contribution < -0.4 is 5.32 Å². The van der Waals surface area contributed by atoms with E-state index in [-0.39, 0.29) is 23.7 Å². The number of hydrogen-bond donors (Lipinski definition) is 1. The molecule has 2 aromatic carbocycles. The number of hydrogen-bond acceptors (Lipinski definition) is 5. The van der Waals surface area contributed by atoms with Crippen molar-refractivity contribution in [3.63, 3.8) is 0 Å². The number of amides is 1. The first kappa shape index (κ1) is 21.5. The highest BCUT2D eigenvalue weighted by Gasteiger charge is 2.27. The molecule has 0 heterocycles. The van der Waals surface area contributed by atoms with Crippen LogP contribution in [0, 0.1) is 22.9 Å². The van der Waals surface area contributed by atoms with Crippen LogP contribution in [0.5, 0.6) is 0 Å². The molecule has 0 saturated carbocycles. The number of benzene rings is 2. The largest absolute Gasteiger partial charge is 0.351 e. The van der Waals surface area contributed by atoms with Crippen molar-refractivity contribution < 1.29 is 22.5 Å². The van der Waals surface area contributed by atoms with Crippen molar-refractivity contribution in [2.45, 2.75) is 25.3 Å². The van der Waals surface area contributed by atoms with Crippen LogP contribution in [-0.2, 0) is 21.4 Å². The molecule has 2 aromatic rings. The summed E-state index contributed by atoms with van der Waals surface area (Å²) in [6.45, 7) is 2.75. The van der Waals surface area contributed by atoms with Gasteiger partial charge in [0.05, 0.1) is 16.4 Å². The average molecular weight is 409 g/mol. The van der Waals surface area contributed by atoms with Crippen LogP contribution >= 0.6 is 0 Å². The quantitative estimate of drug-likeness (QED) is 0.532. The van der Waals surface area contributed by atoms with E-state index in [1.807, 2.05) is 0 Å². The van der Waals surface area contributed by atoms with E-state index in [0.717, 1.165) is 10.4 Å². The van der Waals surface area contributed by atoms with E-state index < -0.39 is 33.2 Å². The first-order valence-corrected chi connectivity index (χ1v) is 9.85. The van der Waals surface area contributed by atoms with Crippen molar-refractivity contribution in [1.29, 1.82) is 0 Å². The summed E-state index contributed by atoms with van der Waals surface area (Å²) in [7, 11) is -4.09. The first-order valence-electron chi connectivity index (χ1n) is 8.41. The Labute approximate surface area is 162 Å². The van der Waals surface area contributed by atoms with Crippen molar-refractivity contribution >= 4 is 21.6 Å². The summed E-state index contributed by atoms with van der Waals surface area (Å²) in [6.07, 6.45) is 0. The molecule has 2 rings (SSSR count). The zero-order valence-electron chi connectivity index (χ0n) is 15.4. The molecule has 10 heteroatoms. The number of nitro groups is 1. The maximum Gasteiger partial charge on any atom is 0.273 e. The number of nitro benzene ring substituents is 1. The lowest BCUT2D eigenvalue weighted by Gasteiger charge is -2.20. The Bertz CT molecular complexity index is 977. The normalized spacial score (nSPS) is 11.4. The minimum atomic E-state index is -4.09. The lowest BCUT2D eigenvalue weighted by atomic mass is 10.2. The van der Waals surface area contributed by atoms with E-state index in [9.17, 15) is 27.7 Å². The smallest absolute Gasteiger partial charge is 0.273 e. The van der Waals surface area contributed by atoms with Gasteiger partial charge in [-0.05, 0) is 30.7 Å². The van der Waals surface area contributed by atoms with Gasteiger partial charge in [-0.25, -0.2) is 12.8 Å². The first-order chi connectivity index (χ1) is 13.1. The maximum atomic E-state index is 12.9. The van der Waals surface area contributed by atoms with Crippen molar-refractivity contribution in [2.75, 3.05) is 13.1 Å². The molecule has 0 unspecified atom stereocenters. The fourth-order valence-corrected chi connectivity index (χ4v) is 3.91. The molecule has 0 aliphatic heterocycles. The van der Waals surface area contributed by atoms with Gasteiger partial charge in [0.25, 0.3) is 5.69 Å². The van der Waals surface area contributed by atoms with Gasteiger partial charge in [0.15, 0.2) is 0 Å². The Morgan fingerprint density at radius 1 is 1.21 bits per heavy atom. The zero-order valence-corrected chi connectivity index (χ0v) is 16.2. The van der Waals surface area contributed by atoms with E-state index in [1.54, 1.807) is 6.92 Å². The van der Waals surface area contributed by atoms with Gasteiger partial charge in [-0.1, -0.05) is 25.1 Å². The van der Waals surface area contributed by atoms with E-state index in [0.29, 0.717) is 11.1 Å². The van der Waals surface area contributed by atoms with Gasteiger partial charge >= 0.3 is 0 Å². The number of nitrogens with zero attached hydrogens (tertiary/aromatic N) is 2. The molecule has 0 aliphatic rings. The number of likely N-dealkylation sites (N-methyl/N-ethyl adjacent to an activating group) is 1. The topological polar surface area (TPSA) is 110 Å². The Hall–Kier alpha value is -2.85. The second kappa shape index (κ2) is 8.89. The van der Waals surface area contributed by atoms with Crippen molar-refractivity contribution in [1.82, 2.24) is 9.62 Å². The lowest BCUT2D eigenvalue weighted by Crippen LogP contribution is -2.40. The van der Waals surface area contributed by atoms with Crippen LogP contribution in [0.2, 0.25) is 0 Å². The molecule has 8 nitrogen and oxygen atoms in total. The molecule has 28 heavy (non-hydrogen) atoms. The number of halogens is 1. The molecule has 0 aliphatic carbocycles. The highest BCUT2D eigenvalue weighted by atomic mass is 32.2. The summed E-state index contributed by atoms with van der Waals surface area (Å²) < 4.78 is 39.4. The number of carbonyl (C=O) groups excluding carboxylic acids is 1. The van der Waals surface area contributed by atoms with Crippen LogP contribution in [0.15, 0.2) is 47.4 Å². The van der Waals surface area contributed by atoms with Gasteiger partial charge in [0.2, 0.25) is 15.9 Å². The van der Waals surface area contributed by atoms with Gasteiger partial charge in [-0.2, -0.15) is 4.31 Å². The molecule has 0 bridgehead atoms. The molecular weight excluding hydrogens is 389 g/mol. The van der Waals surface area contributed by atoms with Crippen molar-refractivity contribution in [3.05, 3.63) is 69.5 Å². The molecule has 0 atom stereocenters. The molecule has 1 amide bonds. The number of nitrogens with one attached hydrogen (secondary N) is 1. The molecule has 0 spiro atoms. The molecule has 0 radical (unpaired) electrons. The fourth-order valence-electron chi connectivity index (χ4n) is 2.48. The minimum Gasteiger partial charge on any atom is -0.351 e. The summed E-state index contributed by atoms with van der Waals surface area (Å²) in [5.41, 5.74) is 0.691. The third-order valence-electron chi connectivity index (χ3n) is 4.09. The Morgan fingerprint density at radius 3 is 2.43 bits per heavy atom. The molecule has 1 N–H and O–H groups in total. The van der Waals surface area contributed by atoms with Crippen LogP contribution in [-0.4, -0.2) is 36.6 Å². The summed E-state index contributed by atoms with van der Waals surface area (Å²) in [5, 5.41) is 13.6. The number of carbonyl (C=O) groups is 1. The summed E-state index contributed by atoms with van der Waals surface area (Å²) in [6, 6.07) is 9.15. The van der Waals surface area contributed by atoms with Crippen molar-refractivity contribution in [2.24, 2.45) is 0 Å². The minimum absolute atomic E-state index is 0.00791. The standard InChI is InChI=1S/C18H20FN3O5S/c1-3-21(12-18(23)20-11-14-5-7-15(19)8-6-14)28(26,27)16-9-4-13(2)17(10-16)22(24)25/h4-10H,3,11-12H2,1-2H3,(H,20,23). The summed E-state index contributed by atoms with van der Waals surface area (Å²) >= 11 is 0. The van der Waals surface area contributed by atoms with Crippen molar-refractivity contribution in [3.8, 4) is 0 Å². The SMILES string of the molecule is CCN(CC(=O)NCc1ccc(F)cc1)S(=O)(=O)c1ccc(C)c([N+](=O)[O-])c1. The predicted octanol–water partition coefficient (Wildman–Crippen LogP) is 2.37. The third-order valence-corrected chi connectivity index (χ3v) is 6.01. The molecule has 0 fully saturated rings. The van der Waals surface area contributed by atoms with Crippen LogP contribution in [0.1, 0.15) is 18.1 Å². The average Bonchev–Trinajstić information content (AvgIpc) is 2.65. The van der Waals surface area contributed by atoms with E-state index in [1.165, 1.54) is 43.3 Å². The van der Waals surface area contributed by atoms with E-state index in [2.05, 4.69) is 5.32 Å². The molecular formula is C18H20FN3O5S. The number of aryl methyl sites for hydroxylation is 1. The highest BCUT2D eigenvalue weighted by Crippen LogP contribution is 2.24. The Morgan fingerprint density at radius 2 is 1.86 bits per heavy atom. The molecule has 150 valence electrons. The van der Waals surface area contributed by atoms with Gasteiger partial charge < -0.3 is 5.32 Å². The van der Waals surface area contributed by atoms with Gasteiger partial charge in [-0.3, -0.25) is 14.9 Å². The second-order valence-corrected chi connectivity index (χ2v) is 7.98. The van der Waals surface area contributed by atoms with Crippen LogP contribution in [0.3, 0.4) is 0 Å². The Kier molecular flexibility index (Phi) is 6.81. The van der Waals surface area contributed by atoms with E-state index >= 15 is 0 Å². The molecule has 0 aromatic heterocycles. The molecule has 0 saturated heterocycles. The third kappa shape index (κ3) is 5.11. The van der Waals surface area contributed by atoms with Gasteiger partial charge in [0.1, 0.15) is 5.82 Å². The summed E-state index contributed by atoms with van der Waals surface area (Å²) in [4.78, 5) is 22.3. The van der Waals surface area contributed by atoms with Crippen LogP contribution in [0.25, 0.3) is 0 Å². The zero-order chi connectivity index (χ0) is 20.9. The number of sulfonamides is 1.